The molecular formula is C16H16N5O2S-. The van der Waals surface area contributed by atoms with Crippen LogP contribution < -0.4 is 0 Å². The Kier molecular flexibility index (Phi) is 4.06. The number of aryl methyl sites for hydroxylation is 3. The van der Waals surface area contributed by atoms with Gasteiger partial charge in [-0.1, -0.05) is 18.2 Å². The van der Waals surface area contributed by atoms with E-state index in [9.17, 15) is 8.42 Å². The quantitative estimate of drug-likeness (QED) is 0.727. The van der Waals surface area contributed by atoms with E-state index in [1.54, 1.807) is 35.9 Å². The third-order valence-corrected chi connectivity index (χ3v) is 4.57. The van der Waals surface area contributed by atoms with Crippen molar-refractivity contribution >= 4 is 16.0 Å². The van der Waals surface area contributed by atoms with Crippen LogP contribution >= 0.6 is 0 Å². The van der Waals surface area contributed by atoms with Gasteiger partial charge in [-0.3, -0.25) is 4.72 Å². The van der Waals surface area contributed by atoms with Crippen molar-refractivity contribution in [2.24, 2.45) is 0 Å². The first-order valence-electron chi connectivity index (χ1n) is 7.27. The standard InChI is InChI=1S/C16H16N5O2S/c1-11-10-15(21-13(3)9-12(2)19-21)18-16(17-11)20-24(22,23)14-7-5-4-6-8-14/h4-10H,1-3H3/q-1. The van der Waals surface area contributed by atoms with Gasteiger partial charge in [0.2, 0.25) is 10.0 Å². The number of benzene rings is 1. The highest BCUT2D eigenvalue weighted by molar-refractivity contribution is 7.94. The van der Waals surface area contributed by atoms with Gasteiger partial charge in [0, 0.05) is 11.6 Å². The van der Waals surface area contributed by atoms with Crippen molar-refractivity contribution in [3.8, 4) is 5.82 Å². The second-order valence-electron chi connectivity index (χ2n) is 5.39. The van der Waals surface area contributed by atoms with Gasteiger partial charge in [-0.15, -0.1) is 0 Å². The van der Waals surface area contributed by atoms with Crippen molar-refractivity contribution < 1.29 is 8.42 Å². The summed E-state index contributed by atoms with van der Waals surface area (Å²) in [7, 11) is -3.86. The maximum atomic E-state index is 12.4. The molecule has 0 N–H and O–H groups in total. The van der Waals surface area contributed by atoms with Crippen LogP contribution in [0, 0.1) is 20.8 Å². The fraction of sp³-hybridized carbons (Fsp3) is 0.188. The molecule has 0 aliphatic heterocycles. The smallest absolute Gasteiger partial charge is 0.229 e. The summed E-state index contributed by atoms with van der Waals surface area (Å²) in [5, 5.41) is 4.35. The molecule has 0 unspecified atom stereocenters. The molecule has 0 aliphatic rings. The lowest BCUT2D eigenvalue weighted by molar-refractivity contribution is 0.603. The number of rotatable bonds is 4. The zero-order chi connectivity index (χ0) is 17.3. The molecule has 0 saturated heterocycles. The average Bonchev–Trinajstić information content (AvgIpc) is 2.86. The highest BCUT2D eigenvalue weighted by Gasteiger charge is 2.12. The molecule has 1 aromatic carbocycles. The van der Waals surface area contributed by atoms with E-state index < -0.39 is 10.0 Å². The summed E-state index contributed by atoms with van der Waals surface area (Å²) < 4.78 is 30.1. The second-order valence-corrected chi connectivity index (χ2v) is 6.99. The van der Waals surface area contributed by atoms with Crippen LogP contribution in [0.25, 0.3) is 10.5 Å². The van der Waals surface area contributed by atoms with E-state index in [2.05, 4.69) is 19.8 Å². The Labute approximate surface area is 140 Å². The Morgan fingerprint density at radius 2 is 1.67 bits per heavy atom. The summed E-state index contributed by atoms with van der Waals surface area (Å²) in [4.78, 5) is 8.44. The third kappa shape index (κ3) is 3.28. The molecule has 0 radical (unpaired) electrons. The molecule has 0 bridgehead atoms. The number of aromatic nitrogens is 4. The molecule has 2 heterocycles. The molecular weight excluding hydrogens is 326 g/mol. The van der Waals surface area contributed by atoms with Crippen LogP contribution in [0.1, 0.15) is 17.1 Å². The molecule has 0 spiro atoms. The van der Waals surface area contributed by atoms with Crippen LogP contribution in [0.5, 0.6) is 0 Å². The van der Waals surface area contributed by atoms with Crippen LogP contribution in [0.3, 0.4) is 0 Å². The lowest BCUT2D eigenvalue weighted by Gasteiger charge is -2.17. The van der Waals surface area contributed by atoms with Gasteiger partial charge in [-0.05, 0) is 50.7 Å². The Morgan fingerprint density at radius 1 is 0.958 bits per heavy atom. The van der Waals surface area contributed by atoms with Gasteiger partial charge in [0.05, 0.1) is 16.4 Å². The molecule has 2 aromatic heterocycles. The Hall–Kier alpha value is -2.74. The summed E-state index contributed by atoms with van der Waals surface area (Å²) >= 11 is 0. The maximum absolute atomic E-state index is 12.4. The van der Waals surface area contributed by atoms with Crippen molar-refractivity contribution in [2.45, 2.75) is 25.7 Å². The normalized spacial score (nSPS) is 11.5. The monoisotopic (exact) mass is 342 g/mol. The minimum absolute atomic E-state index is 0.0998. The van der Waals surface area contributed by atoms with Crippen LogP contribution in [-0.2, 0) is 10.0 Å². The molecule has 0 aliphatic carbocycles. The lowest BCUT2D eigenvalue weighted by Crippen LogP contribution is -2.05. The predicted molar refractivity (Wildman–Crippen MR) is 90.0 cm³/mol. The van der Waals surface area contributed by atoms with Crippen molar-refractivity contribution in [1.29, 1.82) is 0 Å². The molecule has 3 rings (SSSR count). The summed E-state index contributed by atoms with van der Waals surface area (Å²) in [6, 6.07) is 11.6. The van der Waals surface area contributed by atoms with Gasteiger partial charge in [0.25, 0.3) is 0 Å². The van der Waals surface area contributed by atoms with E-state index in [0.717, 1.165) is 11.4 Å². The fourth-order valence-corrected chi connectivity index (χ4v) is 3.20. The van der Waals surface area contributed by atoms with E-state index in [-0.39, 0.29) is 10.8 Å². The Bertz CT molecular complexity index is 981. The minimum atomic E-state index is -3.86. The molecule has 0 saturated carbocycles. The van der Waals surface area contributed by atoms with Crippen molar-refractivity contribution in [1.82, 2.24) is 19.7 Å². The van der Waals surface area contributed by atoms with Gasteiger partial charge >= 0.3 is 0 Å². The Balaban J connectivity index is 2.00. The zero-order valence-electron chi connectivity index (χ0n) is 13.5. The molecule has 124 valence electrons. The van der Waals surface area contributed by atoms with Crippen molar-refractivity contribution in [2.75, 3.05) is 0 Å². The van der Waals surface area contributed by atoms with Crippen LogP contribution in [0.15, 0.2) is 47.4 Å². The number of hydrogen-bond acceptors (Lipinski definition) is 5. The topological polar surface area (TPSA) is 91.8 Å². The molecule has 8 heteroatoms. The molecule has 0 amide bonds. The Morgan fingerprint density at radius 3 is 2.29 bits per heavy atom. The number of sulfonamides is 1. The second kappa shape index (κ2) is 6.04. The largest absolute Gasteiger partial charge is 0.363 e. The zero-order valence-corrected chi connectivity index (χ0v) is 14.3. The number of hydrogen-bond donors (Lipinski definition) is 0. The van der Waals surface area contributed by atoms with E-state index in [0.29, 0.717) is 11.5 Å². The summed E-state index contributed by atoms with van der Waals surface area (Å²) in [5.41, 5.74) is 2.34. The summed E-state index contributed by atoms with van der Waals surface area (Å²) in [6.45, 7) is 5.53. The van der Waals surface area contributed by atoms with E-state index in [1.165, 1.54) is 12.1 Å². The highest BCUT2D eigenvalue weighted by atomic mass is 32.2. The van der Waals surface area contributed by atoms with Gasteiger partial charge in [-0.25, -0.2) is 13.1 Å². The van der Waals surface area contributed by atoms with Crippen LogP contribution in [0.2, 0.25) is 0 Å². The van der Waals surface area contributed by atoms with Gasteiger partial charge in [0.15, 0.2) is 0 Å². The first-order chi connectivity index (χ1) is 11.3. The SMILES string of the molecule is Cc1cc(-n2nc(C)cc2C)nc([N-]S(=O)(=O)c2ccccc2)n1. The predicted octanol–water partition coefficient (Wildman–Crippen LogP) is 2.98. The molecule has 7 nitrogen and oxygen atoms in total. The third-order valence-electron chi connectivity index (χ3n) is 3.30. The van der Waals surface area contributed by atoms with Gasteiger partial charge in [0.1, 0.15) is 0 Å². The van der Waals surface area contributed by atoms with Crippen LogP contribution in [0.4, 0.5) is 5.95 Å². The van der Waals surface area contributed by atoms with Crippen molar-refractivity contribution in [3.05, 3.63) is 64.3 Å². The average molecular weight is 342 g/mol. The van der Waals surface area contributed by atoms with E-state index in [4.69, 9.17) is 0 Å². The van der Waals surface area contributed by atoms with E-state index >= 15 is 0 Å². The van der Waals surface area contributed by atoms with E-state index in [1.807, 2.05) is 19.9 Å². The first kappa shape index (κ1) is 16.1. The molecule has 24 heavy (non-hydrogen) atoms. The van der Waals surface area contributed by atoms with Crippen molar-refractivity contribution in [3.63, 3.8) is 0 Å². The number of nitrogens with zero attached hydrogens (tertiary/aromatic N) is 5. The van der Waals surface area contributed by atoms with Gasteiger partial charge < -0.3 is 9.97 Å². The first-order valence-corrected chi connectivity index (χ1v) is 8.71. The fourth-order valence-electron chi connectivity index (χ4n) is 2.30. The molecule has 0 fully saturated rings. The minimum Gasteiger partial charge on any atom is -0.363 e. The lowest BCUT2D eigenvalue weighted by atomic mass is 10.4. The van der Waals surface area contributed by atoms with Crippen LogP contribution in [-0.4, -0.2) is 28.2 Å². The summed E-state index contributed by atoms with van der Waals surface area (Å²) in [6.07, 6.45) is 0. The highest BCUT2D eigenvalue weighted by Crippen LogP contribution is 2.25. The molecule has 0 atom stereocenters. The summed E-state index contributed by atoms with van der Waals surface area (Å²) in [5.74, 6) is 0.372. The maximum Gasteiger partial charge on any atom is 0.229 e. The molecule has 3 aromatic rings. The van der Waals surface area contributed by atoms with Gasteiger partial charge in [-0.2, -0.15) is 5.10 Å².